The molecule has 0 aliphatic heterocycles. The molecule has 0 unspecified atom stereocenters. The topological polar surface area (TPSA) is 51.6 Å². The lowest BCUT2D eigenvalue weighted by Crippen LogP contribution is -1.89. The first-order valence-electron chi connectivity index (χ1n) is 13.1. The summed E-state index contributed by atoms with van der Waals surface area (Å²) < 4.78 is 0. The number of nitrogens with zero attached hydrogens (tertiary/aromatic N) is 4. The maximum absolute atomic E-state index is 4.53. The van der Waals surface area contributed by atoms with Crippen molar-refractivity contribution in [2.75, 3.05) is 0 Å². The Morgan fingerprint density at radius 2 is 0.902 bits per heavy atom. The Morgan fingerprint density at radius 1 is 0.439 bits per heavy atom. The molecule has 0 fully saturated rings. The summed E-state index contributed by atoms with van der Waals surface area (Å²) in [7, 11) is 0. The lowest BCUT2D eigenvalue weighted by atomic mass is 10.0. The molecule has 0 saturated heterocycles. The monoisotopic (exact) mass is 522 g/mol. The van der Waals surface area contributed by atoms with Gasteiger partial charge in [-0.25, -0.2) is 0 Å². The van der Waals surface area contributed by atoms with Crippen LogP contribution in [0.5, 0.6) is 0 Å². The molecule has 0 saturated carbocycles. The van der Waals surface area contributed by atoms with Gasteiger partial charge in [-0.3, -0.25) is 19.9 Å². The van der Waals surface area contributed by atoms with Gasteiger partial charge in [0, 0.05) is 52.6 Å². The third kappa shape index (κ3) is 6.71. The summed E-state index contributed by atoms with van der Waals surface area (Å²) in [6.07, 6.45) is 15.2. The first-order chi connectivity index (χ1) is 20.3. The Labute approximate surface area is 239 Å². The van der Waals surface area contributed by atoms with Gasteiger partial charge in [-0.2, -0.15) is 0 Å². The zero-order valence-electron chi connectivity index (χ0n) is 22.0. The molecule has 5 aromatic rings. The second-order valence-corrected chi connectivity index (χ2v) is 9.16. The van der Waals surface area contributed by atoms with Crippen molar-refractivity contribution in [3.8, 4) is 58.3 Å². The molecule has 1 aliphatic carbocycles. The Hall–Kier alpha value is -6.02. The van der Waals surface area contributed by atoms with Crippen LogP contribution >= 0.6 is 0 Å². The van der Waals surface area contributed by atoms with Crippen molar-refractivity contribution in [3.63, 3.8) is 0 Å². The van der Waals surface area contributed by atoms with Gasteiger partial charge in [-0.1, -0.05) is 72.0 Å². The highest BCUT2D eigenvalue weighted by Gasteiger charge is 2.02. The summed E-state index contributed by atoms with van der Waals surface area (Å²) in [6.45, 7) is 0. The van der Waals surface area contributed by atoms with Crippen LogP contribution in [0.4, 0.5) is 0 Å². The Morgan fingerprint density at radius 3 is 1.34 bits per heavy atom. The molecule has 4 nitrogen and oxygen atoms in total. The van der Waals surface area contributed by atoms with Crippen molar-refractivity contribution in [3.05, 3.63) is 156 Å². The summed E-state index contributed by atoms with van der Waals surface area (Å²) in [5, 5.41) is 0. The molecule has 0 bridgehead atoms. The van der Waals surface area contributed by atoms with Crippen LogP contribution < -0.4 is 0 Å². The molecule has 0 atom stereocenters. The molecule has 6 rings (SSSR count). The van der Waals surface area contributed by atoms with E-state index in [2.05, 4.69) is 67.6 Å². The van der Waals surface area contributed by atoms with E-state index in [0.29, 0.717) is 0 Å². The first kappa shape index (κ1) is 25.3. The van der Waals surface area contributed by atoms with Gasteiger partial charge in [-0.15, -0.1) is 0 Å². The molecule has 1 aliphatic rings. The van der Waals surface area contributed by atoms with Crippen molar-refractivity contribution in [1.82, 2.24) is 19.9 Å². The molecule has 0 N–H and O–H groups in total. The Bertz CT molecular complexity index is 1790. The van der Waals surface area contributed by atoms with Crippen LogP contribution in [0.15, 0.2) is 128 Å². The van der Waals surface area contributed by atoms with Crippen LogP contribution in [0.3, 0.4) is 0 Å². The van der Waals surface area contributed by atoms with E-state index in [9.17, 15) is 0 Å². The average molecular weight is 523 g/mol. The van der Waals surface area contributed by atoms with E-state index < -0.39 is 0 Å². The van der Waals surface area contributed by atoms with Crippen molar-refractivity contribution in [2.24, 2.45) is 5.92 Å². The molecular formula is C37H22N4. The quantitative estimate of drug-likeness (QED) is 0.249. The fraction of sp³-hybridized carbons (Fsp3) is 0.0270. The molecule has 0 spiro atoms. The normalized spacial score (nSPS) is 11.5. The van der Waals surface area contributed by atoms with Crippen LogP contribution in [-0.2, 0) is 0 Å². The fourth-order valence-electron chi connectivity index (χ4n) is 4.09. The number of hydrogen-bond donors (Lipinski definition) is 0. The Balaban J connectivity index is 1.27. The largest absolute Gasteiger partial charge is 0.255 e. The molecule has 41 heavy (non-hydrogen) atoms. The van der Waals surface area contributed by atoms with E-state index in [0.717, 1.165) is 50.6 Å². The third-order valence-electron chi connectivity index (χ3n) is 6.15. The van der Waals surface area contributed by atoms with Crippen LogP contribution in [0.2, 0.25) is 0 Å². The zero-order valence-corrected chi connectivity index (χ0v) is 22.0. The van der Waals surface area contributed by atoms with E-state index in [1.807, 2.05) is 91.0 Å². The van der Waals surface area contributed by atoms with Gasteiger partial charge < -0.3 is 0 Å². The van der Waals surface area contributed by atoms with Gasteiger partial charge in [0.1, 0.15) is 0 Å². The minimum Gasteiger partial charge on any atom is -0.255 e. The molecule has 4 heteroatoms. The number of allylic oxidation sites excluding steroid dienone is 4. The highest BCUT2D eigenvalue weighted by molar-refractivity contribution is 5.58. The van der Waals surface area contributed by atoms with Crippen LogP contribution in [0, 0.1) is 41.4 Å². The van der Waals surface area contributed by atoms with Crippen molar-refractivity contribution < 1.29 is 0 Å². The molecular weight excluding hydrogens is 500 g/mol. The van der Waals surface area contributed by atoms with Gasteiger partial charge in [-0.05, 0) is 66.7 Å². The molecule has 0 amide bonds. The second kappa shape index (κ2) is 12.2. The Kier molecular flexibility index (Phi) is 7.54. The number of hydrogen-bond acceptors (Lipinski definition) is 4. The molecule has 1 aromatic carbocycles. The predicted octanol–water partition coefficient (Wildman–Crippen LogP) is 6.49. The maximum Gasteiger partial charge on any atom is 0.0887 e. The lowest BCUT2D eigenvalue weighted by molar-refractivity contribution is 1.15. The van der Waals surface area contributed by atoms with Gasteiger partial charge in [0.05, 0.1) is 28.7 Å². The van der Waals surface area contributed by atoms with Gasteiger partial charge >= 0.3 is 0 Å². The van der Waals surface area contributed by atoms with Gasteiger partial charge in [0.2, 0.25) is 0 Å². The summed E-state index contributed by atoms with van der Waals surface area (Å²) in [5.41, 5.74) is 7.43. The predicted molar refractivity (Wildman–Crippen MR) is 162 cm³/mol. The highest BCUT2D eigenvalue weighted by Crippen LogP contribution is 2.15. The van der Waals surface area contributed by atoms with E-state index in [1.165, 1.54) is 0 Å². The maximum atomic E-state index is 4.53. The number of benzene rings is 1. The van der Waals surface area contributed by atoms with Crippen LogP contribution in [0.25, 0.3) is 22.8 Å². The van der Waals surface area contributed by atoms with E-state index in [1.54, 1.807) is 24.8 Å². The highest BCUT2D eigenvalue weighted by atomic mass is 14.8. The second-order valence-electron chi connectivity index (χ2n) is 9.16. The van der Waals surface area contributed by atoms with E-state index in [-0.39, 0.29) is 5.92 Å². The summed E-state index contributed by atoms with van der Waals surface area (Å²) in [4.78, 5) is 17.8. The standard InChI is InChI=1S/C37H22N4/c1-2-8-28(7-1)11-14-31-23-32(15-12-29-17-19-36(40-26-29)34-9-3-5-21-38-34)25-33(24-31)16-13-30-18-20-37(41-27-30)35-10-4-6-22-39-35/h1-10,17-28H. The fourth-order valence-corrected chi connectivity index (χ4v) is 4.09. The summed E-state index contributed by atoms with van der Waals surface area (Å²) in [6, 6.07) is 25.3. The van der Waals surface area contributed by atoms with Crippen molar-refractivity contribution in [2.45, 2.75) is 0 Å². The van der Waals surface area contributed by atoms with Crippen LogP contribution in [-0.4, -0.2) is 19.9 Å². The summed E-state index contributed by atoms with van der Waals surface area (Å²) in [5.74, 6) is 19.7. The number of pyridine rings is 4. The van der Waals surface area contributed by atoms with E-state index >= 15 is 0 Å². The minimum absolute atomic E-state index is 0.117. The number of aromatic nitrogens is 4. The van der Waals surface area contributed by atoms with Crippen molar-refractivity contribution in [1.29, 1.82) is 0 Å². The molecule has 4 heterocycles. The smallest absolute Gasteiger partial charge is 0.0887 e. The lowest BCUT2D eigenvalue weighted by Gasteiger charge is -2.00. The average Bonchev–Trinajstić information content (AvgIpc) is 3.57. The SMILES string of the molecule is C(#Cc1cc(C#Cc2ccc(-c3ccccn3)nc2)cc(C#CC2C=CC=C2)c1)c1ccc(-c2ccccn2)nc1. The first-order valence-corrected chi connectivity index (χ1v) is 13.1. The van der Waals surface area contributed by atoms with Gasteiger partial charge in [0.15, 0.2) is 0 Å². The number of rotatable bonds is 2. The van der Waals surface area contributed by atoms with E-state index in [4.69, 9.17) is 0 Å². The van der Waals surface area contributed by atoms with Gasteiger partial charge in [0.25, 0.3) is 0 Å². The third-order valence-corrected chi connectivity index (χ3v) is 6.15. The summed E-state index contributed by atoms with van der Waals surface area (Å²) >= 11 is 0. The zero-order chi connectivity index (χ0) is 27.7. The molecule has 0 radical (unpaired) electrons. The molecule has 190 valence electrons. The molecule has 4 aromatic heterocycles. The minimum atomic E-state index is 0.117. The van der Waals surface area contributed by atoms with Crippen LogP contribution in [0.1, 0.15) is 27.8 Å². The van der Waals surface area contributed by atoms with Crippen molar-refractivity contribution >= 4 is 0 Å².